The number of hydrogen-bond acceptors (Lipinski definition) is 7. The monoisotopic (exact) mass is 407 g/mol. The molecule has 0 amide bonds. The van der Waals surface area contributed by atoms with Gasteiger partial charge in [0.25, 0.3) is 0 Å². The van der Waals surface area contributed by atoms with Gasteiger partial charge in [0.05, 0.1) is 6.61 Å². The lowest BCUT2D eigenvalue weighted by atomic mass is 10.0. The van der Waals surface area contributed by atoms with E-state index in [1.165, 1.54) is 0 Å². The van der Waals surface area contributed by atoms with Crippen LogP contribution < -0.4 is 4.90 Å². The van der Waals surface area contributed by atoms with E-state index in [-0.39, 0.29) is 6.61 Å². The van der Waals surface area contributed by atoms with E-state index in [0.29, 0.717) is 24.6 Å². The molecule has 0 aliphatic carbocycles. The van der Waals surface area contributed by atoms with Crippen LogP contribution in [0.2, 0.25) is 0 Å². The zero-order valence-corrected chi connectivity index (χ0v) is 16.5. The van der Waals surface area contributed by atoms with Crippen molar-refractivity contribution in [3.05, 3.63) is 89.7 Å². The molecule has 2 aromatic carbocycles. The molecule has 3 N–H and O–H groups in total. The number of aliphatic hydroxyl groups excluding tert-OH is 3. The fourth-order valence-corrected chi connectivity index (χ4v) is 3.62. The summed E-state index contributed by atoms with van der Waals surface area (Å²) in [5, 5.41) is 29.5. The zero-order valence-electron chi connectivity index (χ0n) is 16.5. The number of anilines is 1. The average molecular weight is 407 g/mol. The van der Waals surface area contributed by atoms with Gasteiger partial charge in [0.15, 0.2) is 0 Å². The molecule has 1 aromatic heterocycles. The van der Waals surface area contributed by atoms with Gasteiger partial charge < -0.3 is 25.0 Å². The summed E-state index contributed by atoms with van der Waals surface area (Å²) in [6.45, 7) is 0.918. The number of nitrogens with zero attached hydrogens (tertiary/aromatic N) is 3. The predicted octanol–water partition coefficient (Wildman–Crippen LogP) is 1.84. The Labute approximate surface area is 175 Å². The topological polar surface area (TPSA) is 98.9 Å². The molecule has 4 rings (SSSR count). The van der Waals surface area contributed by atoms with E-state index >= 15 is 0 Å². The highest BCUT2D eigenvalue weighted by Crippen LogP contribution is 2.33. The van der Waals surface area contributed by atoms with E-state index in [0.717, 1.165) is 11.1 Å². The first-order chi connectivity index (χ1) is 14.7. The predicted molar refractivity (Wildman–Crippen MR) is 112 cm³/mol. The number of benzene rings is 2. The second-order valence-electron chi connectivity index (χ2n) is 7.40. The van der Waals surface area contributed by atoms with Gasteiger partial charge in [0, 0.05) is 31.0 Å². The largest absolute Gasteiger partial charge is 0.394 e. The fraction of sp³-hybridized carbons (Fsp3) is 0.304. The summed E-state index contributed by atoms with van der Waals surface area (Å²) >= 11 is 0. The Morgan fingerprint density at radius 2 is 1.33 bits per heavy atom. The molecule has 1 fully saturated rings. The fourth-order valence-electron chi connectivity index (χ4n) is 3.62. The number of hydrogen-bond donors (Lipinski definition) is 3. The van der Waals surface area contributed by atoms with E-state index < -0.39 is 24.4 Å². The summed E-state index contributed by atoms with van der Waals surface area (Å²) in [7, 11) is 0. The lowest BCUT2D eigenvalue weighted by Crippen LogP contribution is -2.32. The summed E-state index contributed by atoms with van der Waals surface area (Å²) in [5.74, 6) is 0.554. The standard InChI is InChI=1S/C23H25N3O4/c27-15-19-20(28)21(29)22(30-19)18-11-24-23(25-12-18)26(13-16-7-3-1-4-8-16)14-17-9-5-2-6-10-17/h1-12,19-22,27-29H,13-15H2/t19-,20-,21-,22+/m1/s1. The van der Waals surface area contributed by atoms with Gasteiger partial charge in [-0.05, 0) is 11.1 Å². The summed E-state index contributed by atoms with van der Waals surface area (Å²) < 4.78 is 5.57. The first kappa shape index (κ1) is 20.4. The number of aliphatic hydroxyl groups is 3. The van der Waals surface area contributed by atoms with Gasteiger partial charge in [-0.1, -0.05) is 60.7 Å². The van der Waals surface area contributed by atoms with Crippen molar-refractivity contribution in [1.29, 1.82) is 0 Å². The van der Waals surface area contributed by atoms with Crippen molar-refractivity contribution in [2.45, 2.75) is 37.5 Å². The Morgan fingerprint density at radius 3 is 1.80 bits per heavy atom. The quantitative estimate of drug-likeness (QED) is 0.550. The van der Waals surface area contributed by atoms with E-state index in [2.05, 4.69) is 39.1 Å². The van der Waals surface area contributed by atoms with E-state index in [4.69, 9.17) is 4.74 Å². The molecule has 0 radical (unpaired) electrons. The van der Waals surface area contributed by atoms with E-state index in [1.54, 1.807) is 12.4 Å². The van der Waals surface area contributed by atoms with E-state index in [9.17, 15) is 15.3 Å². The highest BCUT2D eigenvalue weighted by Gasteiger charge is 2.43. The minimum absolute atomic E-state index is 0.365. The molecule has 0 saturated carbocycles. The highest BCUT2D eigenvalue weighted by atomic mass is 16.6. The number of rotatable bonds is 7. The maximum absolute atomic E-state index is 10.2. The molecule has 30 heavy (non-hydrogen) atoms. The average Bonchev–Trinajstić information content (AvgIpc) is 3.09. The Bertz CT molecular complexity index is 883. The summed E-state index contributed by atoms with van der Waals surface area (Å²) in [6, 6.07) is 20.2. The molecule has 1 saturated heterocycles. The van der Waals surface area contributed by atoms with Gasteiger partial charge in [-0.15, -0.1) is 0 Å². The van der Waals surface area contributed by atoms with Crippen LogP contribution in [0.5, 0.6) is 0 Å². The van der Waals surface area contributed by atoms with Crippen LogP contribution in [-0.4, -0.2) is 50.2 Å². The first-order valence-electron chi connectivity index (χ1n) is 9.93. The van der Waals surface area contributed by atoms with Crippen molar-refractivity contribution in [3.63, 3.8) is 0 Å². The Hall–Kier alpha value is -2.84. The Morgan fingerprint density at radius 1 is 0.800 bits per heavy atom. The Kier molecular flexibility index (Phi) is 6.35. The molecule has 156 valence electrons. The van der Waals surface area contributed by atoms with Gasteiger partial charge >= 0.3 is 0 Å². The molecular weight excluding hydrogens is 382 g/mol. The van der Waals surface area contributed by atoms with Crippen molar-refractivity contribution < 1.29 is 20.1 Å². The summed E-state index contributed by atoms with van der Waals surface area (Å²) in [4.78, 5) is 11.1. The highest BCUT2D eigenvalue weighted by molar-refractivity contribution is 5.35. The van der Waals surface area contributed by atoms with Crippen molar-refractivity contribution in [2.75, 3.05) is 11.5 Å². The second-order valence-corrected chi connectivity index (χ2v) is 7.40. The van der Waals surface area contributed by atoms with Crippen LogP contribution >= 0.6 is 0 Å². The van der Waals surface area contributed by atoms with Crippen molar-refractivity contribution in [3.8, 4) is 0 Å². The van der Waals surface area contributed by atoms with Crippen LogP contribution in [0.1, 0.15) is 22.8 Å². The van der Waals surface area contributed by atoms with Gasteiger partial charge in [-0.2, -0.15) is 0 Å². The molecule has 0 spiro atoms. The minimum Gasteiger partial charge on any atom is -0.394 e. The van der Waals surface area contributed by atoms with Gasteiger partial charge in [0.1, 0.15) is 24.4 Å². The summed E-state index contributed by atoms with van der Waals surface area (Å²) in [6.07, 6.45) is -0.675. The number of ether oxygens (including phenoxy) is 1. The molecule has 1 aliphatic heterocycles. The zero-order chi connectivity index (χ0) is 20.9. The van der Waals surface area contributed by atoms with Crippen molar-refractivity contribution in [2.24, 2.45) is 0 Å². The lowest BCUT2D eigenvalue weighted by molar-refractivity contribution is -0.0229. The van der Waals surface area contributed by atoms with Gasteiger partial charge in [-0.3, -0.25) is 0 Å². The SMILES string of the molecule is OC[C@H]1O[C@@H](c2cnc(N(Cc3ccccc3)Cc3ccccc3)nc2)[C@H](O)[C@@H]1O. The Balaban J connectivity index is 1.56. The van der Waals surface area contributed by atoms with E-state index in [1.807, 2.05) is 36.4 Å². The number of aromatic nitrogens is 2. The van der Waals surface area contributed by atoms with Crippen molar-refractivity contribution in [1.82, 2.24) is 9.97 Å². The maximum Gasteiger partial charge on any atom is 0.225 e. The first-order valence-corrected chi connectivity index (χ1v) is 9.93. The van der Waals surface area contributed by atoms with Crippen LogP contribution in [0.15, 0.2) is 73.1 Å². The molecule has 0 unspecified atom stereocenters. The molecule has 4 atom stereocenters. The minimum atomic E-state index is -1.15. The van der Waals surface area contributed by atoms with Crippen LogP contribution in [0.4, 0.5) is 5.95 Å². The summed E-state index contributed by atoms with van der Waals surface area (Å²) in [5.41, 5.74) is 2.84. The van der Waals surface area contributed by atoms with Gasteiger partial charge in [0.2, 0.25) is 5.95 Å². The molecule has 7 nitrogen and oxygen atoms in total. The van der Waals surface area contributed by atoms with Crippen LogP contribution in [0.25, 0.3) is 0 Å². The van der Waals surface area contributed by atoms with Gasteiger partial charge in [-0.25, -0.2) is 9.97 Å². The van der Waals surface area contributed by atoms with Crippen LogP contribution in [-0.2, 0) is 17.8 Å². The van der Waals surface area contributed by atoms with Crippen molar-refractivity contribution >= 4 is 5.95 Å². The lowest BCUT2D eigenvalue weighted by Gasteiger charge is -2.23. The smallest absolute Gasteiger partial charge is 0.225 e. The van der Waals surface area contributed by atoms with Crippen LogP contribution in [0.3, 0.4) is 0 Å². The maximum atomic E-state index is 10.2. The molecular formula is C23H25N3O4. The molecule has 0 bridgehead atoms. The second kappa shape index (κ2) is 9.32. The molecule has 1 aliphatic rings. The molecule has 7 heteroatoms. The molecule has 2 heterocycles. The van der Waals surface area contributed by atoms with Crippen LogP contribution in [0, 0.1) is 0 Å². The normalized spacial score (nSPS) is 23.4. The third-order valence-corrected chi connectivity index (χ3v) is 5.24. The third kappa shape index (κ3) is 4.49. The molecule has 3 aromatic rings. The third-order valence-electron chi connectivity index (χ3n) is 5.24.